The molecule has 8 heteroatoms. The van der Waals surface area contributed by atoms with Gasteiger partial charge in [-0.15, -0.1) is 0 Å². The number of alkyl carbamates (subject to hydrolysis) is 1. The molecule has 1 rings (SSSR count). The number of hydrogen-bond donors (Lipinski definition) is 1. The molecular weight excluding hydrogens is 433 g/mol. The van der Waals surface area contributed by atoms with Crippen molar-refractivity contribution in [3.8, 4) is 5.75 Å². The molecule has 1 unspecified atom stereocenters. The van der Waals surface area contributed by atoms with Crippen LogP contribution in [-0.4, -0.2) is 42.6 Å². The van der Waals surface area contributed by atoms with Crippen molar-refractivity contribution in [3.05, 3.63) is 28.2 Å². The molecule has 0 aliphatic rings. The Morgan fingerprint density at radius 3 is 2.25 bits per heavy atom. The minimum atomic E-state index is -0.971. The molecule has 1 aromatic rings. The lowest BCUT2D eigenvalue weighted by Gasteiger charge is -2.26. The minimum absolute atomic E-state index is 0.0628. The summed E-state index contributed by atoms with van der Waals surface area (Å²) in [5.74, 6) is -0.114. The van der Waals surface area contributed by atoms with Crippen molar-refractivity contribution in [2.75, 3.05) is 13.3 Å². The highest BCUT2D eigenvalue weighted by molar-refractivity contribution is 9.10. The highest BCUT2D eigenvalue weighted by atomic mass is 79.9. The summed E-state index contributed by atoms with van der Waals surface area (Å²) in [6.07, 6.45) is -0.578. The summed E-state index contributed by atoms with van der Waals surface area (Å²) >= 11 is 3.43. The topological polar surface area (TPSA) is 73.9 Å². The quantitative estimate of drug-likeness (QED) is 0.601. The smallest absolute Gasteiger partial charge is 0.408 e. The zero-order chi connectivity index (χ0) is 21.5. The fourth-order valence-corrected chi connectivity index (χ4v) is 2.60. The number of rotatable bonds is 7. The van der Waals surface area contributed by atoms with Crippen molar-refractivity contribution in [2.45, 2.75) is 65.2 Å². The van der Waals surface area contributed by atoms with E-state index in [-0.39, 0.29) is 13.0 Å². The number of nitrogens with one attached hydrogen (secondary N) is 1. The molecule has 0 aromatic heterocycles. The molecule has 0 radical (unpaired) electrons. The molecule has 1 atom stereocenters. The fraction of sp³-hybridized carbons (Fsp3) is 0.600. The number of benzene rings is 1. The lowest BCUT2D eigenvalue weighted by atomic mass is 10.1. The van der Waals surface area contributed by atoms with Gasteiger partial charge in [-0.25, -0.2) is 14.0 Å². The summed E-state index contributed by atoms with van der Waals surface area (Å²) in [5.41, 5.74) is -0.722. The highest BCUT2D eigenvalue weighted by Gasteiger charge is 2.29. The zero-order valence-corrected chi connectivity index (χ0v) is 18.8. The second kappa shape index (κ2) is 10.1. The van der Waals surface area contributed by atoms with Crippen LogP contribution < -0.4 is 10.1 Å². The summed E-state index contributed by atoms with van der Waals surface area (Å²) in [6, 6.07) is 4.14. The summed E-state index contributed by atoms with van der Waals surface area (Å²) in [6.45, 7) is 9.77. The number of halogens is 2. The van der Waals surface area contributed by atoms with E-state index in [0.717, 1.165) is 4.47 Å². The molecule has 1 aromatic carbocycles. The second-order valence-corrected chi connectivity index (χ2v) is 9.08. The van der Waals surface area contributed by atoms with Gasteiger partial charge in [-0.3, -0.25) is 0 Å². The average Bonchev–Trinajstić information content (AvgIpc) is 2.51. The van der Waals surface area contributed by atoms with E-state index in [1.54, 1.807) is 59.7 Å². The summed E-state index contributed by atoms with van der Waals surface area (Å²) in [7, 11) is 0. The number of hydrogen-bond acceptors (Lipinski definition) is 5. The molecule has 0 heterocycles. The summed E-state index contributed by atoms with van der Waals surface area (Å²) < 4.78 is 29.1. The van der Waals surface area contributed by atoms with Gasteiger partial charge < -0.3 is 19.5 Å². The Morgan fingerprint density at radius 2 is 1.71 bits per heavy atom. The Hall–Kier alpha value is -1.83. The van der Waals surface area contributed by atoms with Crippen molar-refractivity contribution >= 4 is 28.0 Å². The van der Waals surface area contributed by atoms with E-state index in [0.29, 0.717) is 11.3 Å². The average molecular weight is 462 g/mol. The summed E-state index contributed by atoms with van der Waals surface area (Å²) in [5, 5.41) is 2.58. The van der Waals surface area contributed by atoms with Crippen LogP contribution in [0.25, 0.3) is 0 Å². The standard InChI is InChI=1S/C20H29BrFNO5/c1-19(2,3)27-17(24)16(23-18(25)28-20(4,5)6)12-13-11-14(26-10-9-22)7-8-15(13)21/h7-8,11,16H,9-10,12H2,1-6H3,(H,23,25). The molecule has 1 amide bonds. The van der Waals surface area contributed by atoms with Gasteiger partial charge in [0.1, 0.15) is 36.3 Å². The van der Waals surface area contributed by atoms with E-state index in [4.69, 9.17) is 14.2 Å². The van der Waals surface area contributed by atoms with E-state index in [2.05, 4.69) is 21.2 Å². The van der Waals surface area contributed by atoms with Crippen LogP contribution in [0.5, 0.6) is 5.75 Å². The first-order chi connectivity index (χ1) is 12.8. The van der Waals surface area contributed by atoms with Gasteiger partial charge in [0.15, 0.2) is 0 Å². The largest absolute Gasteiger partial charge is 0.491 e. The number of carbonyl (C=O) groups is 2. The van der Waals surface area contributed by atoms with Crippen LogP contribution >= 0.6 is 15.9 Å². The van der Waals surface area contributed by atoms with Crippen molar-refractivity contribution < 1.29 is 28.2 Å². The highest BCUT2D eigenvalue weighted by Crippen LogP contribution is 2.25. The van der Waals surface area contributed by atoms with E-state index in [1.165, 1.54) is 0 Å². The van der Waals surface area contributed by atoms with Crippen LogP contribution in [0.2, 0.25) is 0 Å². The Labute approximate surface area is 174 Å². The third-order valence-corrected chi connectivity index (χ3v) is 3.94. The predicted molar refractivity (Wildman–Crippen MR) is 108 cm³/mol. The number of carbonyl (C=O) groups excluding carboxylic acids is 2. The van der Waals surface area contributed by atoms with Crippen molar-refractivity contribution in [3.63, 3.8) is 0 Å². The molecule has 1 N–H and O–H groups in total. The molecule has 0 saturated carbocycles. The van der Waals surface area contributed by atoms with E-state index < -0.39 is 36.0 Å². The van der Waals surface area contributed by atoms with Crippen LogP contribution in [0.15, 0.2) is 22.7 Å². The maximum absolute atomic E-state index is 12.6. The molecular formula is C20H29BrFNO5. The normalized spacial score (nSPS) is 12.9. The Balaban J connectivity index is 3.04. The van der Waals surface area contributed by atoms with Gasteiger partial charge in [-0.2, -0.15) is 0 Å². The number of alkyl halides is 1. The maximum Gasteiger partial charge on any atom is 0.408 e. The molecule has 0 spiro atoms. The maximum atomic E-state index is 12.6. The van der Waals surface area contributed by atoms with Gasteiger partial charge in [0, 0.05) is 10.9 Å². The molecule has 158 valence electrons. The first-order valence-corrected chi connectivity index (χ1v) is 9.79. The van der Waals surface area contributed by atoms with Crippen LogP contribution in [-0.2, 0) is 20.7 Å². The molecule has 28 heavy (non-hydrogen) atoms. The molecule has 0 fully saturated rings. The van der Waals surface area contributed by atoms with Gasteiger partial charge in [-0.05, 0) is 65.3 Å². The van der Waals surface area contributed by atoms with Crippen molar-refractivity contribution in [1.82, 2.24) is 5.32 Å². The second-order valence-electron chi connectivity index (χ2n) is 8.23. The van der Waals surface area contributed by atoms with Crippen LogP contribution in [0.3, 0.4) is 0 Å². The summed E-state index contributed by atoms with van der Waals surface area (Å²) in [4.78, 5) is 24.8. The Bertz CT molecular complexity index is 682. The molecule has 0 saturated heterocycles. The zero-order valence-electron chi connectivity index (χ0n) is 17.2. The third kappa shape index (κ3) is 9.39. The van der Waals surface area contributed by atoms with E-state index >= 15 is 0 Å². The van der Waals surface area contributed by atoms with Crippen LogP contribution in [0.4, 0.5) is 9.18 Å². The third-order valence-electron chi connectivity index (χ3n) is 3.17. The van der Waals surface area contributed by atoms with Gasteiger partial charge in [-0.1, -0.05) is 15.9 Å². The Morgan fingerprint density at radius 1 is 1.11 bits per heavy atom. The monoisotopic (exact) mass is 461 g/mol. The van der Waals surface area contributed by atoms with Crippen molar-refractivity contribution in [2.24, 2.45) is 0 Å². The van der Waals surface area contributed by atoms with Crippen LogP contribution in [0.1, 0.15) is 47.1 Å². The lowest BCUT2D eigenvalue weighted by molar-refractivity contribution is -0.157. The first kappa shape index (κ1) is 24.2. The van der Waals surface area contributed by atoms with Gasteiger partial charge in [0.05, 0.1) is 0 Å². The number of ether oxygens (including phenoxy) is 3. The predicted octanol–water partition coefficient (Wildman–Crippen LogP) is 4.57. The van der Waals surface area contributed by atoms with Gasteiger partial charge in [0.2, 0.25) is 0 Å². The minimum Gasteiger partial charge on any atom is -0.491 e. The molecule has 0 aliphatic carbocycles. The van der Waals surface area contributed by atoms with E-state index in [9.17, 15) is 14.0 Å². The number of esters is 1. The molecule has 6 nitrogen and oxygen atoms in total. The molecule has 0 bridgehead atoms. The Kier molecular flexibility index (Phi) is 8.73. The van der Waals surface area contributed by atoms with Gasteiger partial charge >= 0.3 is 12.1 Å². The van der Waals surface area contributed by atoms with Crippen LogP contribution in [0, 0.1) is 0 Å². The first-order valence-electron chi connectivity index (χ1n) is 9.00. The fourth-order valence-electron chi connectivity index (χ4n) is 2.19. The molecule has 0 aliphatic heterocycles. The SMILES string of the molecule is CC(C)(C)OC(=O)NC(Cc1cc(OCCF)ccc1Br)C(=O)OC(C)(C)C. The van der Waals surface area contributed by atoms with E-state index in [1.807, 2.05) is 0 Å². The number of amides is 1. The lowest BCUT2D eigenvalue weighted by Crippen LogP contribution is -2.47. The van der Waals surface area contributed by atoms with Gasteiger partial charge in [0.25, 0.3) is 0 Å². The van der Waals surface area contributed by atoms with Crippen molar-refractivity contribution in [1.29, 1.82) is 0 Å².